The van der Waals surface area contributed by atoms with Crippen LogP contribution in [0.25, 0.3) is 10.9 Å². The van der Waals surface area contributed by atoms with Crippen molar-refractivity contribution < 1.29 is 35.9 Å². The molecule has 0 spiro atoms. The minimum atomic E-state index is -5.06. The summed E-state index contributed by atoms with van der Waals surface area (Å²) in [6, 6.07) is 5.54. The molecule has 3 aromatic rings. The summed E-state index contributed by atoms with van der Waals surface area (Å²) in [6.07, 6.45) is -10.1. The van der Waals surface area contributed by atoms with E-state index in [1.165, 1.54) is 11.7 Å². The Balaban J connectivity index is 2.02. The SMILES string of the molecule is CCN(C(=O)Nc1cc(C(F)(F)F)cc(C(F)(F)F)c1)C(C)c1nc2ccccc2c(=O)n1CCOC. The molecule has 13 heteroatoms. The maximum Gasteiger partial charge on any atom is 0.416 e. The van der Waals surface area contributed by atoms with Crippen molar-refractivity contribution in [3.8, 4) is 0 Å². The first kappa shape index (κ1) is 28.0. The molecule has 1 heterocycles. The Hall–Kier alpha value is -3.61. The summed E-state index contributed by atoms with van der Waals surface area (Å²) in [5.74, 6) is 0.178. The molecule has 200 valence electrons. The molecule has 2 aromatic carbocycles. The molecular formula is C24H24F6N4O3. The molecule has 0 aliphatic carbocycles. The number of methoxy groups -OCH3 is 1. The van der Waals surface area contributed by atoms with Gasteiger partial charge in [0.05, 0.1) is 41.2 Å². The van der Waals surface area contributed by atoms with Crippen LogP contribution >= 0.6 is 0 Å². The Morgan fingerprint density at radius 3 is 2.22 bits per heavy atom. The van der Waals surface area contributed by atoms with Crippen LogP contribution in [0.4, 0.5) is 36.8 Å². The quantitative estimate of drug-likeness (QED) is 0.398. The minimum absolute atomic E-state index is 0.00502. The van der Waals surface area contributed by atoms with E-state index in [1.54, 1.807) is 38.1 Å². The first-order valence-corrected chi connectivity index (χ1v) is 11.1. The monoisotopic (exact) mass is 530 g/mol. The molecule has 2 amide bonds. The Kier molecular flexibility index (Phi) is 8.16. The van der Waals surface area contributed by atoms with Gasteiger partial charge in [-0.15, -0.1) is 0 Å². The van der Waals surface area contributed by atoms with Crippen molar-refractivity contribution in [3.63, 3.8) is 0 Å². The molecule has 3 rings (SSSR count). The van der Waals surface area contributed by atoms with Gasteiger partial charge in [-0.05, 0) is 44.2 Å². The van der Waals surface area contributed by atoms with E-state index in [1.807, 2.05) is 0 Å². The van der Waals surface area contributed by atoms with E-state index in [9.17, 15) is 35.9 Å². The number of halogens is 6. The van der Waals surface area contributed by atoms with Crippen LogP contribution in [0.1, 0.15) is 36.8 Å². The second-order valence-electron chi connectivity index (χ2n) is 8.12. The van der Waals surface area contributed by atoms with Crippen molar-refractivity contribution in [2.75, 3.05) is 25.6 Å². The summed E-state index contributed by atoms with van der Waals surface area (Å²) in [5.41, 5.74) is -3.81. The standard InChI is InChI=1S/C24H24F6N4O3/c1-4-33(22(36)31-17-12-15(23(25,26)27)11-16(13-17)24(28,29)30)14(2)20-32-19-8-6-5-7-18(19)21(35)34(20)9-10-37-3/h5-8,11-14H,4,9-10H2,1-3H3,(H,31,36). The van der Waals surface area contributed by atoms with Crippen molar-refractivity contribution in [3.05, 3.63) is 69.8 Å². The molecule has 0 radical (unpaired) electrons. The molecule has 0 bridgehead atoms. The summed E-state index contributed by atoms with van der Waals surface area (Å²) in [6.45, 7) is 3.39. The highest BCUT2D eigenvalue weighted by Gasteiger charge is 2.37. The maximum absolute atomic E-state index is 13.2. The van der Waals surface area contributed by atoms with E-state index in [2.05, 4.69) is 10.3 Å². The number of ether oxygens (including phenoxy) is 1. The highest BCUT2D eigenvalue weighted by molar-refractivity contribution is 5.90. The third-order valence-electron chi connectivity index (χ3n) is 5.69. The number of benzene rings is 2. The number of amides is 2. The van der Waals surface area contributed by atoms with Crippen LogP contribution in [-0.2, 0) is 23.6 Å². The smallest absolute Gasteiger partial charge is 0.383 e. The van der Waals surface area contributed by atoms with Gasteiger partial charge < -0.3 is 15.0 Å². The van der Waals surface area contributed by atoms with Crippen LogP contribution in [0.5, 0.6) is 0 Å². The van der Waals surface area contributed by atoms with E-state index in [-0.39, 0.29) is 37.1 Å². The van der Waals surface area contributed by atoms with Gasteiger partial charge in [0, 0.05) is 19.3 Å². The number of aromatic nitrogens is 2. The summed E-state index contributed by atoms with van der Waals surface area (Å²) in [4.78, 5) is 31.9. The Bertz CT molecular complexity index is 1300. The number of hydrogen-bond donors (Lipinski definition) is 1. The van der Waals surface area contributed by atoms with Gasteiger partial charge in [-0.2, -0.15) is 26.3 Å². The molecule has 1 aromatic heterocycles. The molecule has 0 fully saturated rings. The first-order valence-electron chi connectivity index (χ1n) is 11.1. The molecule has 0 saturated carbocycles. The third kappa shape index (κ3) is 6.21. The number of fused-ring (bicyclic) bond motifs is 1. The normalized spacial score (nSPS) is 13.0. The summed E-state index contributed by atoms with van der Waals surface area (Å²) in [7, 11) is 1.44. The lowest BCUT2D eigenvalue weighted by Gasteiger charge is -2.29. The van der Waals surface area contributed by atoms with Crippen molar-refractivity contribution in [2.45, 2.75) is 38.8 Å². The highest BCUT2D eigenvalue weighted by Crippen LogP contribution is 2.37. The highest BCUT2D eigenvalue weighted by atomic mass is 19.4. The molecule has 0 aliphatic rings. The predicted molar refractivity (Wildman–Crippen MR) is 124 cm³/mol. The molecule has 7 nitrogen and oxygen atoms in total. The van der Waals surface area contributed by atoms with Crippen LogP contribution in [0.3, 0.4) is 0 Å². The van der Waals surface area contributed by atoms with Crippen LogP contribution in [-0.4, -0.2) is 40.7 Å². The topological polar surface area (TPSA) is 76.5 Å². The van der Waals surface area contributed by atoms with Crippen LogP contribution in [0, 0.1) is 0 Å². The van der Waals surface area contributed by atoms with Gasteiger partial charge in [0.15, 0.2) is 0 Å². The van der Waals surface area contributed by atoms with Gasteiger partial charge in [-0.25, -0.2) is 9.78 Å². The number of nitrogens with zero attached hydrogens (tertiary/aromatic N) is 3. The molecular weight excluding hydrogens is 506 g/mol. The zero-order chi connectivity index (χ0) is 27.5. The molecule has 1 unspecified atom stereocenters. The fourth-order valence-corrected chi connectivity index (χ4v) is 3.86. The Morgan fingerprint density at radius 2 is 1.68 bits per heavy atom. The zero-order valence-electron chi connectivity index (χ0n) is 20.1. The molecule has 0 aliphatic heterocycles. The van der Waals surface area contributed by atoms with E-state index in [0.717, 1.165) is 4.90 Å². The van der Waals surface area contributed by atoms with E-state index in [0.29, 0.717) is 23.0 Å². The van der Waals surface area contributed by atoms with E-state index in [4.69, 9.17) is 4.74 Å². The van der Waals surface area contributed by atoms with Crippen molar-refractivity contribution >= 4 is 22.6 Å². The number of rotatable bonds is 7. The van der Waals surface area contributed by atoms with Crippen molar-refractivity contribution in [2.24, 2.45) is 0 Å². The molecule has 37 heavy (non-hydrogen) atoms. The summed E-state index contributed by atoms with van der Waals surface area (Å²) >= 11 is 0. The summed E-state index contributed by atoms with van der Waals surface area (Å²) in [5, 5.41) is 2.47. The van der Waals surface area contributed by atoms with Crippen LogP contribution < -0.4 is 10.9 Å². The van der Waals surface area contributed by atoms with Gasteiger partial charge in [-0.3, -0.25) is 9.36 Å². The van der Waals surface area contributed by atoms with E-state index < -0.39 is 41.2 Å². The number of carbonyl (C=O) groups is 1. The second-order valence-corrected chi connectivity index (χ2v) is 8.12. The Labute approximate surface area is 207 Å². The summed E-state index contributed by atoms with van der Waals surface area (Å²) < 4.78 is 85.7. The largest absolute Gasteiger partial charge is 0.416 e. The van der Waals surface area contributed by atoms with Gasteiger partial charge in [-0.1, -0.05) is 12.1 Å². The van der Waals surface area contributed by atoms with Gasteiger partial charge >= 0.3 is 18.4 Å². The lowest BCUT2D eigenvalue weighted by atomic mass is 10.1. The average molecular weight is 530 g/mol. The second kappa shape index (κ2) is 10.8. The fourth-order valence-electron chi connectivity index (χ4n) is 3.86. The number of para-hydroxylation sites is 1. The molecule has 1 atom stereocenters. The zero-order valence-corrected chi connectivity index (χ0v) is 20.1. The number of hydrogen-bond acceptors (Lipinski definition) is 4. The van der Waals surface area contributed by atoms with Crippen LogP contribution in [0.2, 0.25) is 0 Å². The number of carbonyl (C=O) groups excluding carboxylic acids is 1. The van der Waals surface area contributed by atoms with Gasteiger partial charge in [0.2, 0.25) is 0 Å². The predicted octanol–water partition coefficient (Wildman–Crippen LogP) is 5.70. The minimum Gasteiger partial charge on any atom is -0.383 e. The third-order valence-corrected chi connectivity index (χ3v) is 5.69. The van der Waals surface area contributed by atoms with Crippen molar-refractivity contribution in [1.82, 2.24) is 14.5 Å². The van der Waals surface area contributed by atoms with Crippen molar-refractivity contribution in [1.29, 1.82) is 0 Å². The molecule has 0 saturated heterocycles. The fraction of sp³-hybridized carbons (Fsp3) is 0.375. The number of alkyl halides is 6. The number of nitrogens with one attached hydrogen (secondary N) is 1. The lowest BCUT2D eigenvalue weighted by Crippen LogP contribution is -2.40. The maximum atomic E-state index is 13.2. The molecule has 1 N–H and O–H groups in total. The number of anilines is 1. The Morgan fingerprint density at radius 1 is 1.08 bits per heavy atom. The van der Waals surface area contributed by atoms with Gasteiger partial charge in [0.1, 0.15) is 5.82 Å². The average Bonchev–Trinajstić information content (AvgIpc) is 2.82. The van der Waals surface area contributed by atoms with Gasteiger partial charge in [0.25, 0.3) is 5.56 Å². The lowest BCUT2D eigenvalue weighted by molar-refractivity contribution is -0.143. The van der Waals surface area contributed by atoms with E-state index >= 15 is 0 Å². The van der Waals surface area contributed by atoms with Crippen LogP contribution in [0.15, 0.2) is 47.3 Å². The number of urea groups is 1. The first-order chi connectivity index (χ1) is 17.3.